The fourth-order valence-electron chi connectivity index (χ4n) is 4.38. The normalized spacial score (nSPS) is 18.6. The van der Waals surface area contributed by atoms with Crippen LogP contribution in [-0.4, -0.2) is 58.8 Å². The average Bonchev–Trinajstić information content (AvgIpc) is 3.26. The van der Waals surface area contributed by atoms with E-state index in [4.69, 9.17) is 14.2 Å². The first kappa shape index (κ1) is 24.1. The second-order valence-electron chi connectivity index (χ2n) is 9.11. The van der Waals surface area contributed by atoms with E-state index in [1.54, 1.807) is 7.11 Å². The molecule has 7 nitrogen and oxygen atoms in total. The largest absolute Gasteiger partial charge is 0.493 e. The number of para-hydroxylation sites is 1. The van der Waals surface area contributed by atoms with Crippen molar-refractivity contribution in [3.8, 4) is 17.2 Å². The molecule has 1 fully saturated rings. The van der Waals surface area contributed by atoms with E-state index in [-0.39, 0.29) is 0 Å². The highest BCUT2D eigenvalue weighted by atomic mass is 16.5. The fourth-order valence-corrected chi connectivity index (χ4v) is 4.38. The zero-order valence-corrected chi connectivity index (χ0v) is 20.2. The SMILES string of the molecule is COc1ccc(CN2CCC[C@@](O)(COc3ccccc3)C2)cc1OCCCn1cc(C)cn1. The molecule has 1 saturated heterocycles. The van der Waals surface area contributed by atoms with Gasteiger partial charge in [-0.2, -0.15) is 5.10 Å². The van der Waals surface area contributed by atoms with Crippen LogP contribution < -0.4 is 14.2 Å². The van der Waals surface area contributed by atoms with Crippen LogP contribution in [0.4, 0.5) is 0 Å². The second-order valence-corrected chi connectivity index (χ2v) is 9.11. The average molecular weight is 466 g/mol. The van der Waals surface area contributed by atoms with E-state index in [9.17, 15) is 5.11 Å². The molecule has 1 atom stereocenters. The van der Waals surface area contributed by atoms with Gasteiger partial charge in [0.2, 0.25) is 0 Å². The standard InChI is InChI=1S/C27H35N3O4/c1-22-17-28-30(18-22)14-7-15-33-26-16-23(10-11-25(26)32-2)19-29-13-6-12-27(31,20-29)21-34-24-8-4-3-5-9-24/h3-5,8-11,16-18,31H,6-7,12-15,19-21H2,1-2H3/t27-/m0/s1. The molecule has 3 aromatic rings. The van der Waals surface area contributed by atoms with Crippen molar-refractivity contribution in [3.63, 3.8) is 0 Å². The lowest BCUT2D eigenvalue weighted by atomic mass is 9.93. The number of ether oxygens (including phenoxy) is 3. The molecule has 34 heavy (non-hydrogen) atoms. The van der Waals surface area contributed by atoms with Crippen molar-refractivity contribution in [1.82, 2.24) is 14.7 Å². The highest BCUT2D eigenvalue weighted by molar-refractivity contribution is 5.43. The molecule has 182 valence electrons. The number of likely N-dealkylation sites (tertiary alicyclic amines) is 1. The van der Waals surface area contributed by atoms with E-state index in [0.717, 1.165) is 67.3 Å². The molecule has 1 aromatic heterocycles. The molecule has 7 heteroatoms. The van der Waals surface area contributed by atoms with Gasteiger partial charge in [-0.15, -0.1) is 0 Å². The summed E-state index contributed by atoms with van der Waals surface area (Å²) in [6.45, 7) is 5.98. The number of β-amino-alcohol motifs (C(OH)–C–C–N with tert-alkyl or cyclic N) is 1. The van der Waals surface area contributed by atoms with E-state index < -0.39 is 5.60 Å². The molecule has 2 heterocycles. The third-order valence-corrected chi connectivity index (χ3v) is 6.07. The molecule has 0 unspecified atom stereocenters. The van der Waals surface area contributed by atoms with E-state index in [1.165, 1.54) is 0 Å². The number of aryl methyl sites for hydroxylation is 2. The highest BCUT2D eigenvalue weighted by Crippen LogP contribution is 2.30. The summed E-state index contributed by atoms with van der Waals surface area (Å²) in [6, 6.07) is 15.7. The van der Waals surface area contributed by atoms with Crippen LogP contribution in [0.2, 0.25) is 0 Å². The van der Waals surface area contributed by atoms with Gasteiger partial charge in [-0.1, -0.05) is 24.3 Å². The van der Waals surface area contributed by atoms with Crippen LogP contribution in [0.5, 0.6) is 17.2 Å². The number of piperidine rings is 1. The maximum absolute atomic E-state index is 11.1. The Kier molecular flexibility index (Phi) is 8.08. The van der Waals surface area contributed by atoms with Crippen molar-refractivity contribution in [2.24, 2.45) is 0 Å². The van der Waals surface area contributed by atoms with Gasteiger partial charge < -0.3 is 19.3 Å². The van der Waals surface area contributed by atoms with Gasteiger partial charge in [0.05, 0.1) is 19.9 Å². The van der Waals surface area contributed by atoms with Gasteiger partial charge in [-0.3, -0.25) is 9.58 Å². The van der Waals surface area contributed by atoms with Gasteiger partial charge in [0.15, 0.2) is 11.5 Å². The summed E-state index contributed by atoms with van der Waals surface area (Å²) in [5, 5.41) is 15.5. The van der Waals surface area contributed by atoms with Crippen LogP contribution in [-0.2, 0) is 13.1 Å². The molecule has 0 saturated carbocycles. The van der Waals surface area contributed by atoms with E-state index >= 15 is 0 Å². The molecule has 1 N–H and O–H groups in total. The number of benzene rings is 2. The van der Waals surface area contributed by atoms with Gasteiger partial charge in [0.25, 0.3) is 0 Å². The number of aliphatic hydroxyl groups is 1. The summed E-state index contributed by atoms with van der Waals surface area (Å²) in [6.07, 6.45) is 6.42. The monoisotopic (exact) mass is 465 g/mol. The molecule has 0 bridgehead atoms. The number of nitrogens with zero attached hydrogens (tertiary/aromatic N) is 3. The smallest absolute Gasteiger partial charge is 0.161 e. The van der Waals surface area contributed by atoms with E-state index in [0.29, 0.717) is 19.8 Å². The minimum Gasteiger partial charge on any atom is -0.493 e. The summed E-state index contributed by atoms with van der Waals surface area (Å²) >= 11 is 0. The van der Waals surface area contributed by atoms with E-state index in [1.807, 2.05) is 66.5 Å². The van der Waals surface area contributed by atoms with Crippen LogP contribution in [0, 0.1) is 6.92 Å². The third kappa shape index (κ3) is 6.74. The lowest BCUT2D eigenvalue weighted by molar-refractivity contribution is -0.0621. The quantitative estimate of drug-likeness (QED) is 0.431. The predicted octanol–water partition coefficient (Wildman–Crippen LogP) is 4.08. The Morgan fingerprint density at radius 3 is 2.71 bits per heavy atom. The molecule has 1 aliphatic rings. The van der Waals surface area contributed by atoms with Crippen molar-refractivity contribution >= 4 is 0 Å². The number of hydrogen-bond acceptors (Lipinski definition) is 6. The van der Waals surface area contributed by atoms with E-state index in [2.05, 4.69) is 16.1 Å². The van der Waals surface area contributed by atoms with Crippen LogP contribution in [0.15, 0.2) is 60.9 Å². The molecular weight excluding hydrogens is 430 g/mol. The Balaban J connectivity index is 1.31. The Morgan fingerprint density at radius 1 is 1.09 bits per heavy atom. The Morgan fingerprint density at radius 2 is 1.94 bits per heavy atom. The minimum absolute atomic E-state index is 0.292. The summed E-state index contributed by atoms with van der Waals surface area (Å²) in [4.78, 5) is 2.28. The lowest BCUT2D eigenvalue weighted by Crippen LogP contribution is -2.51. The van der Waals surface area contributed by atoms with Crippen LogP contribution in [0.1, 0.15) is 30.4 Å². The zero-order chi connectivity index (χ0) is 23.8. The lowest BCUT2D eigenvalue weighted by Gasteiger charge is -2.39. The predicted molar refractivity (Wildman–Crippen MR) is 131 cm³/mol. The first-order valence-corrected chi connectivity index (χ1v) is 11.9. The first-order valence-electron chi connectivity index (χ1n) is 11.9. The number of hydrogen-bond donors (Lipinski definition) is 1. The van der Waals surface area contributed by atoms with Crippen molar-refractivity contribution in [2.45, 2.75) is 44.9 Å². The van der Waals surface area contributed by atoms with Gasteiger partial charge in [0.1, 0.15) is 18.0 Å². The minimum atomic E-state index is -0.856. The second kappa shape index (κ2) is 11.4. The van der Waals surface area contributed by atoms with Gasteiger partial charge in [0, 0.05) is 32.3 Å². The van der Waals surface area contributed by atoms with Crippen molar-refractivity contribution in [2.75, 3.05) is 33.4 Å². The van der Waals surface area contributed by atoms with Crippen molar-refractivity contribution < 1.29 is 19.3 Å². The van der Waals surface area contributed by atoms with Gasteiger partial charge in [-0.25, -0.2) is 0 Å². The maximum Gasteiger partial charge on any atom is 0.161 e. The van der Waals surface area contributed by atoms with Crippen molar-refractivity contribution in [3.05, 3.63) is 72.1 Å². The summed E-state index contributed by atoms with van der Waals surface area (Å²) in [5.74, 6) is 2.26. The molecule has 4 rings (SSSR count). The molecular formula is C27H35N3O4. The molecule has 0 amide bonds. The van der Waals surface area contributed by atoms with Crippen molar-refractivity contribution in [1.29, 1.82) is 0 Å². The molecule has 0 spiro atoms. The summed E-state index contributed by atoms with van der Waals surface area (Å²) < 4.78 is 19.4. The van der Waals surface area contributed by atoms with Gasteiger partial charge in [-0.05, 0) is 61.7 Å². The highest BCUT2D eigenvalue weighted by Gasteiger charge is 2.34. The summed E-state index contributed by atoms with van der Waals surface area (Å²) in [7, 11) is 1.66. The van der Waals surface area contributed by atoms with Crippen LogP contribution in [0.3, 0.4) is 0 Å². The van der Waals surface area contributed by atoms with Crippen LogP contribution in [0.25, 0.3) is 0 Å². The van der Waals surface area contributed by atoms with Crippen LogP contribution >= 0.6 is 0 Å². The number of aromatic nitrogens is 2. The third-order valence-electron chi connectivity index (χ3n) is 6.07. The fraction of sp³-hybridized carbons (Fsp3) is 0.444. The molecule has 0 radical (unpaired) electrons. The maximum atomic E-state index is 11.1. The number of methoxy groups -OCH3 is 1. The molecule has 1 aliphatic heterocycles. The topological polar surface area (TPSA) is 69.0 Å². The number of rotatable bonds is 11. The zero-order valence-electron chi connectivity index (χ0n) is 20.2. The Hall–Kier alpha value is -3.03. The summed E-state index contributed by atoms with van der Waals surface area (Å²) in [5.41, 5.74) is 1.43. The Bertz CT molecular complexity index is 1040. The Labute approximate surface area is 201 Å². The van der Waals surface area contributed by atoms with Gasteiger partial charge >= 0.3 is 0 Å². The molecule has 2 aromatic carbocycles. The first-order chi connectivity index (χ1) is 16.5. The molecule has 0 aliphatic carbocycles.